The van der Waals surface area contributed by atoms with Crippen molar-refractivity contribution in [3.63, 3.8) is 0 Å². The van der Waals surface area contributed by atoms with Crippen LogP contribution in [0.1, 0.15) is 35.1 Å². The quantitative estimate of drug-likeness (QED) is 0.853. The van der Waals surface area contributed by atoms with Gasteiger partial charge in [-0.05, 0) is 81.4 Å². The Hall–Kier alpha value is -0.860. The lowest BCUT2D eigenvalue weighted by Crippen LogP contribution is -2.33. The highest BCUT2D eigenvalue weighted by Gasteiger charge is 2.12. The summed E-state index contributed by atoms with van der Waals surface area (Å²) in [5, 5.41) is 7.05. The van der Waals surface area contributed by atoms with E-state index in [1.807, 2.05) is 0 Å². The number of piperidine rings is 1. The zero-order chi connectivity index (χ0) is 13.0. The molecule has 0 aromatic heterocycles. The second-order valence-electron chi connectivity index (χ2n) is 5.62. The first-order valence-electron chi connectivity index (χ1n) is 7.15. The van der Waals surface area contributed by atoms with Crippen molar-refractivity contribution in [3.05, 3.63) is 34.4 Å². The number of aryl methyl sites for hydroxylation is 1. The third kappa shape index (κ3) is 3.33. The smallest absolute Gasteiger partial charge is 0.0208 e. The van der Waals surface area contributed by atoms with Gasteiger partial charge in [-0.2, -0.15) is 0 Å². The van der Waals surface area contributed by atoms with Crippen molar-refractivity contribution < 1.29 is 0 Å². The molecule has 18 heavy (non-hydrogen) atoms. The fourth-order valence-corrected chi connectivity index (χ4v) is 2.70. The summed E-state index contributed by atoms with van der Waals surface area (Å²) in [5.41, 5.74) is 5.74. The monoisotopic (exact) mass is 246 g/mol. The topological polar surface area (TPSA) is 24.1 Å². The fourth-order valence-electron chi connectivity index (χ4n) is 2.70. The van der Waals surface area contributed by atoms with Crippen LogP contribution in [0.25, 0.3) is 0 Å². The molecule has 0 aliphatic carbocycles. The van der Waals surface area contributed by atoms with Crippen molar-refractivity contribution in [1.82, 2.24) is 10.6 Å². The number of nitrogens with one attached hydrogen (secondary N) is 2. The Kier molecular flexibility index (Phi) is 4.79. The van der Waals surface area contributed by atoms with Crippen molar-refractivity contribution in [3.8, 4) is 0 Å². The van der Waals surface area contributed by atoms with Crippen LogP contribution in [0.3, 0.4) is 0 Å². The molecule has 2 nitrogen and oxygen atoms in total. The standard InChI is InChI=1S/C16H26N2/c1-12-4-5-16(14(3)13(12)2)11-18-10-15-6-8-17-9-7-15/h4-5,15,17-18H,6-11H2,1-3H3. The highest BCUT2D eigenvalue weighted by molar-refractivity contribution is 5.38. The molecule has 100 valence electrons. The molecule has 2 rings (SSSR count). The van der Waals surface area contributed by atoms with E-state index >= 15 is 0 Å². The number of benzene rings is 1. The van der Waals surface area contributed by atoms with Crippen LogP contribution in [0, 0.1) is 26.7 Å². The Morgan fingerprint density at radius 1 is 1.11 bits per heavy atom. The molecule has 0 spiro atoms. The summed E-state index contributed by atoms with van der Waals surface area (Å²) in [6.45, 7) is 11.2. The minimum absolute atomic E-state index is 0.859. The predicted molar refractivity (Wildman–Crippen MR) is 78.0 cm³/mol. The predicted octanol–water partition coefficient (Wildman–Crippen LogP) is 2.70. The van der Waals surface area contributed by atoms with Gasteiger partial charge in [0.15, 0.2) is 0 Å². The molecule has 1 fully saturated rings. The maximum Gasteiger partial charge on any atom is 0.0208 e. The van der Waals surface area contributed by atoms with E-state index in [0.29, 0.717) is 0 Å². The van der Waals surface area contributed by atoms with E-state index in [9.17, 15) is 0 Å². The minimum Gasteiger partial charge on any atom is -0.317 e. The lowest BCUT2D eigenvalue weighted by atomic mass is 9.97. The number of hydrogen-bond acceptors (Lipinski definition) is 2. The molecule has 2 N–H and O–H groups in total. The van der Waals surface area contributed by atoms with Crippen molar-refractivity contribution in [2.45, 2.75) is 40.2 Å². The van der Waals surface area contributed by atoms with E-state index in [4.69, 9.17) is 0 Å². The number of rotatable bonds is 4. The van der Waals surface area contributed by atoms with E-state index in [2.05, 4.69) is 43.5 Å². The van der Waals surface area contributed by atoms with Crippen LogP contribution >= 0.6 is 0 Å². The number of hydrogen-bond donors (Lipinski definition) is 2. The molecule has 1 aromatic carbocycles. The van der Waals surface area contributed by atoms with Gasteiger partial charge in [0.25, 0.3) is 0 Å². The van der Waals surface area contributed by atoms with Gasteiger partial charge in [0, 0.05) is 6.54 Å². The van der Waals surface area contributed by atoms with Crippen molar-refractivity contribution in [1.29, 1.82) is 0 Å². The van der Waals surface area contributed by atoms with Gasteiger partial charge in [-0.1, -0.05) is 12.1 Å². The first-order valence-corrected chi connectivity index (χ1v) is 7.15. The molecule has 0 saturated carbocycles. The molecule has 1 aromatic rings. The highest BCUT2D eigenvalue weighted by Crippen LogP contribution is 2.17. The third-order valence-corrected chi connectivity index (χ3v) is 4.38. The summed E-state index contributed by atoms with van der Waals surface area (Å²) < 4.78 is 0. The molecule has 1 heterocycles. The van der Waals surface area contributed by atoms with E-state index < -0.39 is 0 Å². The van der Waals surface area contributed by atoms with Gasteiger partial charge in [-0.3, -0.25) is 0 Å². The zero-order valence-corrected chi connectivity index (χ0v) is 12.0. The maximum absolute atomic E-state index is 3.63. The van der Waals surface area contributed by atoms with Crippen LogP contribution < -0.4 is 10.6 Å². The van der Waals surface area contributed by atoms with Crippen LogP contribution in [0.15, 0.2) is 12.1 Å². The Bertz CT molecular complexity index is 392. The van der Waals surface area contributed by atoms with Gasteiger partial charge in [-0.15, -0.1) is 0 Å². The van der Waals surface area contributed by atoms with Crippen LogP contribution in [-0.2, 0) is 6.54 Å². The highest BCUT2D eigenvalue weighted by atomic mass is 14.9. The van der Waals surface area contributed by atoms with Gasteiger partial charge >= 0.3 is 0 Å². The second kappa shape index (κ2) is 6.35. The summed E-state index contributed by atoms with van der Waals surface area (Å²) in [4.78, 5) is 0. The normalized spacial score (nSPS) is 17.1. The van der Waals surface area contributed by atoms with E-state index in [-0.39, 0.29) is 0 Å². The summed E-state index contributed by atoms with van der Waals surface area (Å²) in [5.74, 6) is 0.859. The van der Waals surface area contributed by atoms with Gasteiger partial charge in [0.05, 0.1) is 0 Å². The first kappa shape index (κ1) is 13.6. The van der Waals surface area contributed by atoms with Crippen LogP contribution in [0.4, 0.5) is 0 Å². The van der Waals surface area contributed by atoms with Crippen molar-refractivity contribution in [2.24, 2.45) is 5.92 Å². The molecule has 2 heteroatoms. The molecule has 0 unspecified atom stereocenters. The van der Waals surface area contributed by atoms with Gasteiger partial charge in [0.2, 0.25) is 0 Å². The van der Waals surface area contributed by atoms with Crippen LogP contribution in [-0.4, -0.2) is 19.6 Å². The van der Waals surface area contributed by atoms with Gasteiger partial charge in [0.1, 0.15) is 0 Å². The zero-order valence-electron chi connectivity index (χ0n) is 12.0. The van der Waals surface area contributed by atoms with Crippen molar-refractivity contribution >= 4 is 0 Å². The van der Waals surface area contributed by atoms with Crippen LogP contribution in [0.5, 0.6) is 0 Å². The molecule has 0 radical (unpaired) electrons. The average Bonchev–Trinajstić information content (AvgIpc) is 2.40. The Labute approximate surface area is 111 Å². The lowest BCUT2D eigenvalue weighted by molar-refractivity contribution is 0.356. The van der Waals surface area contributed by atoms with E-state index in [1.54, 1.807) is 0 Å². The van der Waals surface area contributed by atoms with Gasteiger partial charge < -0.3 is 10.6 Å². The molecular weight excluding hydrogens is 220 g/mol. The summed E-state index contributed by atoms with van der Waals surface area (Å²) >= 11 is 0. The van der Waals surface area contributed by atoms with E-state index in [0.717, 1.165) is 19.0 Å². The molecule has 1 saturated heterocycles. The first-order chi connectivity index (χ1) is 8.68. The fraction of sp³-hybridized carbons (Fsp3) is 0.625. The molecule has 1 aliphatic rings. The summed E-state index contributed by atoms with van der Waals surface area (Å²) in [7, 11) is 0. The Balaban J connectivity index is 1.84. The third-order valence-electron chi connectivity index (χ3n) is 4.38. The Morgan fingerprint density at radius 2 is 1.83 bits per heavy atom. The molecular formula is C16H26N2. The average molecular weight is 246 g/mol. The SMILES string of the molecule is Cc1ccc(CNCC2CCNCC2)c(C)c1C. The second-order valence-corrected chi connectivity index (χ2v) is 5.62. The summed E-state index contributed by atoms with van der Waals surface area (Å²) in [6.07, 6.45) is 2.64. The van der Waals surface area contributed by atoms with Crippen LogP contribution in [0.2, 0.25) is 0 Å². The van der Waals surface area contributed by atoms with Gasteiger partial charge in [-0.25, -0.2) is 0 Å². The molecule has 0 atom stereocenters. The molecule has 0 bridgehead atoms. The molecule has 1 aliphatic heterocycles. The Morgan fingerprint density at radius 3 is 2.56 bits per heavy atom. The molecule has 0 amide bonds. The lowest BCUT2D eigenvalue weighted by Gasteiger charge is -2.23. The summed E-state index contributed by atoms with van der Waals surface area (Å²) in [6, 6.07) is 4.51. The largest absolute Gasteiger partial charge is 0.317 e. The van der Waals surface area contributed by atoms with Crippen molar-refractivity contribution in [2.75, 3.05) is 19.6 Å². The minimum atomic E-state index is 0.859. The van der Waals surface area contributed by atoms with E-state index in [1.165, 1.54) is 48.2 Å². The maximum atomic E-state index is 3.63.